The zero-order valence-electron chi connectivity index (χ0n) is 12.6. The van der Waals surface area contributed by atoms with Crippen molar-refractivity contribution in [1.29, 1.82) is 0 Å². The summed E-state index contributed by atoms with van der Waals surface area (Å²) in [6.45, 7) is 4.06. The number of hydrogen-bond donors (Lipinski definition) is 6. The lowest BCUT2D eigenvalue weighted by molar-refractivity contribution is -0.138. The quantitative estimate of drug-likeness (QED) is 0.391. The number of aliphatic hydroxyl groups excluding tert-OH is 1. The van der Waals surface area contributed by atoms with Crippen molar-refractivity contribution in [3.63, 3.8) is 0 Å². The van der Waals surface area contributed by atoms with Gasteiger partial charge in [-0.05, 0) is 0 Å². The Labute approximate surface area is 126 Å². The summed E-state index contributed by atoms with van der Waals surface area (Å²) in [5.41, 5.74) is 0. The lowest BCUT2D eigenvalue weighted by Crippen LogP contribution is -1.96. The molecule has 6 N–H and O–H groups in total. The second kappa shape index (κ2) is 26.8. The van der Waals surface area contributed by atoms with Crippen molar-refractivity contribution in [2.75, 3.05) is 6.61 Å². The van der Waals surface area contributed by atoms with Crippen LogP contribution in [0.15, 0.2) is 0 Å². The Morgan fingerprint density at radius 2 is 0.727 bits per heavy atom. The van der Waals surface area contributed by atoms with Crippen LogP contribution < -0.4 is 0 Å². The smallest absolute Gasteiger partial charge is 0.305 e. The largest absolute Gasteiger partial charge is 0.481 e. The fourth-order valence-corrected chi connectivity index (χ4v) is 0.0956. The average Bonchev–Trinajstić information content (AvgIpc) is 2.12. The van der Waals surface area contributed by atoms with E-state index in [-0.39, 0.29) is 13.0 Å². The molecule has 0 saturated carbocycles. The molecule has 132 valence electrons. The van der Waals surface area contributed by atoms with Crippen LogP contribution in [-0.4, -0.2) is 67.1 Å². The van der Waals surface area contributed by atoms with Crippen LogP contribution in [0, 0.1) is 0 Å². The third-order valence-corrected chi connectivity index (χ3v) is 0.326. The van der Waals surface area contributed by atoms with E-state index in [1.165, 1.54) is 0 Å². The zero-order valence-corrected chi connectivity index (χ0v) is 12.6. The molecule has 0 aromatic carbocycles. The Balaban J connectivity index is -0.0000000555. The Hall–Kier alpha value is -2.69. The number of aliphatic hydroxyl groups is 1. The van der Waals surface area contributed by atoms with Gasteiger partial charge in [0.2, 0.25) is 0 Å². The lowest BCUT2D eigenvalue weighted by atomic mass is 10.5. The summed E-state index contributed by atoms with van der Waals surface area (Å²) in [7, 11) is 0. The van der Waals surface area contributed by atoms with Gasteiger partial charge >= 0.3 is 5.97 Å². The van der Waals surface area contributed by atoms with Gasteiger partial charge in [-0.15, -0.1) is 0 Å². The molecule has 11 heteroatoms. The monoisotopic (exact) mass is 330 g/mol. The third-order valence-electron chi connectivity index (χ3n) is 0.326. The number of carboxylic acid groups (broad SMARTS) is 5. The number of carbonyl (C=O) groups is 5. The van der Waals surface area contributed by atoms with Gasteiger partial charge in [-0.1, -0.05) is 0 Å². The minimum atomic E-state index is -0.961. The first-order chi connectivity index (χ1) is 9.70. The van der Waals surface area contributed by atoms with E-state index in [9.17, 15) is 4.79 Å². The molecule has 0 amide bonds. The lowest BCUT2D eigenvalue weighted by Gasteiger charge is -1.79. The van der Waals surface area contributed by atoms with Gasteiger partial charge in [-0.3, -0.25) is 24.0 Å². The molecule has 0 aromatic heterocycles. The fraction of sp³-hybridized carbons (Fsp3) is 0.545. The van der Waals surface area contributed by atoms with Crippen LogP contribution in [0.2, 0.25) is 0 Å². The summed E-state index contributed by atoms with van der Waals surface area (Å²) in [5, 5.41) is 45.3. The molecule has 0 radical (unpaired) electrons. The van der Waals surface area contributed by atoms with E-state index in [1.807, 2.05) is 0 Å². The highest BCUT2D eigenvalue weighted by Gasteiger charge is 1.88. The van der Waals surface area contributed by atoms with Gasteiger partial charge in [-0.25, -0.2) is 0 Å². The molecule has 0 atom stereocenters. The predicted octanol–water partition coefficient (Wildman–Crippen LogP) is -0.183. The average molecular weight is 330 g/mol. The van der Waals surface area contributed by atoms with Crippen molar-refractivity contribution < 1.29 is 54.6 Å². The Morgan fingerprint density at radius 1 is 0.591 bits per heavy atom. The van der Waals surface area contributed by atoms with Crippen LogP contribution in [0.4, 0.5) is 0 Å². The molecule has 0 heterocycles. The van der Waals surface area contributed by atoms with Gasteiger partial charge in [0.1, 0.15) is 0 Å². The van der Waals surface area contributed by atoms with Gasteiger partial charge in [0.05, 0.1) is 13.0 Å². The Kier molecular flexibility index (Phi) is 38.5. The van der Waals surface area contributed by atoms with Crippen LogP contribution >= 0.6 is 0 Å². The van der Waals surface area contributed by atoms with Crippen molar-refractivity contribution in [2.45, 2.75) is 34.1 Å². The SMILES string of the molecule is CC(=O)O.CC(=O)O.CC(=O)O.CC(=O)O.O=C(O)CCO. The van der Waals surface area contributed by atoms with E-state index >= 15 is 0 Å². The zero-order chi connectivity index (χ0) is 19.3. The maximum atomic E-state index is 9.44. The van der Waals surface area contributed by atoms with Gasteiger partial charge in [0.15, 0.2) is 0 Å². The second-order valence-electron chi connectivity index (χ2n) is 2.94. The molecule has 11 nitrogen and oxygen atoms in total. The maximum Gasteiger partial charge on any atom is 0.305 e. The fourth-order valence-electron chi connectivity index (χ4n) is 0.0956. The van der Waals surface area contributed by atoms with Crippen LogP contribution in [0.25, 0.3) is 0 Å². The predicted molar refractivity (Wildman–Crippen MR) is 72.6 cm³/mol. The standard InChI is InChI=1S/C3H6O3.4C2H4O2/c4-2-1-3(5)6;4*1-2(3)4/h4H,1-2H2,(H,5,6);4*1H3,(H,3,4). The molecule has 0 rings (SSSR count). The minimum Gasteiger partial charge on any atom is -0.481 e. The van der Waals surface area contributed by atoms with Crippen LogP contribution in [0.5, 0.6) is 0 Å². The summed E-state index contributed by atoms with van der Waals surface area (Å²) in [6, 6.07) is 0. The molecule has 0 fully saturated rings. The van der Waals surface area contributed by atoms with Crippen molar-refractivity contribution >= 4 is 29.8 Å². The minimum absolute atomic E-state index is 0.153. The molecule has 0 unspecified atom stereocenters. The van der Waals surface area contributed by atoms with Gasteiger partial charge in [0.25, 0.3) is 23.9 Å². The molecule has 0 aromatic rings. The summed E-state index contributed by atoms with van der Waals surface area (Å²) in [4.78, 5) is 45.4. The first-order valence-corrected chi connectivity index (χ1v) is 5.31. The maximum absolute atomic E-state index is 9.44. The summed E-state index contributed by atoms with van der Waals surface area (Å²) in [5.74, 6) is -4.29. The van der Waals surface area contributed by atoms with Crippen molar-refractivity contribution in [1.82, 2.24) is 0 Å². The van der Waals surface area contributed by atoms with E-state index in [0.29, 0.717) is 0 Å². The van der Waals surface area contributed by atoms with Crippen molar-refractivity contribution in [3.05, 3.63) is 0 Å². The van der Waals surface area contributed by atoms with Crippen LogP contribution in [0.1, 0.15) is 34.1 Å². The summed E-state index contributed by atoms with van der Waals surface area (Å²) >= 11 is 0. The summed E-state index contributed by atoms with van der Waals surface area (Å²) < 4.78 is 0. The Morgan fingerprint density at radius 3 is 0.727 bits per heavy atom. The van der Waals surface area contributed by atoms with Gasteiger partial charge < -0.3 is 30.6 Å². The topological polar surface area (TPSA) is 207 Å². The van der Waals surface area contributed by atoms with E-state index in [4.69, 9.17) is 49.8 Å². The molecular weight excluding hydrogens is 308 g/mol. The highest BCUT2D eigenvalue weighted by molar-refractivity contribution is 5.66. The number of carboxylic acids is 5. The van der Waals surface area contributed by atoms with E-state index in [1.54, 1.807) is 0 Å². The molecule has 0 aliphatic carbocycles. The van der Waals surface area contributed by atoms with E-state index in [0.717, 1.165) is 27.7 Å². The Bertz CT molecular complexity index is 258. The third kappa shape index (κ3) is 47900. The van der Waals surface area contributed by atoms with Crippen LogP contribution in [0.3, 0.4) is 0 Å². The van der Waals surface area contributed by atoms with E-state index in [2.05, 4.69) is 0 Å². The molecule has 0 bridgehead atoms. The normalized spacial score (nSPS) is 6.77. The summed E-state index contributed by atoms with van der Waals surface area (Å²) in [6.07, 6.45) is -0.153. The molecule has 22 heavy (non-hydrogen) atoms. The van der Waals surface area contributed by atoms with Crippen molar-refractivity contribution in [3.8, 4) is 0 Å². The molecule has 0 spiro atoms. The molecule has 0 aliphatic rings. The molecule has 0 saturated heterocycles. The van der Waals surface area contributed by atoms with Crippen LogP contribution in [-0.2, 0) is 24.0 Å². The molecule has 0 aliphatic heterocycles. The van der Waals surface area contributed by atoms with Gasteiger partial charge in [-0.2, -0.15) is 0 Å². The highest BCUT2D eigenvalue weighted by Crippen LogP contribution is 1.70. The number of aliphatic carboxylic acids is 5. The highest BCUT2D eigenvalue weighted by atomic mass is 16.4. The first-order valence-electron chi connectivity index (χ1n) is 5.31. The first kappa shape index (κ1) is 31.6. The van der Waals surface area contributed by atoms with Crippen molar-refractivity contribution in [2.24, 2.45) is 0 Å². The van der Waals surface area contributed by atoms with Gasteiger partial charge in [0, 0.05) is 27.7 Å². The number of rotatable bonds is 2. The molecular formula is C11H22O11. The van der Waals surface area contributed by atoms with E-state index < -0.39 is 29.8 Å². The second-order valence-corrected chi connectivity index (χ2v) is 2.94. The number of hydrogen-bond acceptors (Lipinski definition) is 6.